The third-order valence-corrected chi connectivity index (χ3v) is 4.56. The highest BCUT2D eigenvalue weighted by atomic mass is 19.1. The van der Waals surface area contributed by atoms with E-state index in [1.165, 1.54) is 18.4 Å². The molecule has 1 aliphatic rings. The fourth-order valence-electron chi connectivity index (χ4n) is 3.00. The van der Waals surface area contributed by atoms with E-state index < -0.39 is 0 Å². The van der Waals surface area contributed by atoms with Crippen molar-refractivity contribution in [1.82, 2.24) is 5.32 Å². The minimum absolute atomic E-state index is 0.156. The first-order valence-electron chi connectivity index (χ1n) is 7.13. The molecule has 0 saturated heterocycles. The van der Waals surface area contributed by atoms with E-state index in [0.29, 0.717) is 12.1 Å². The van der Waals surface area contributed by atoms with Crippen molar-refractivity contribution in [2.75, 3.05) is 0 Å². The lowest BCUT2D eigenvalue weighted by atomic mass is 9.96. The molecule has 1 aliphatic carbocycles. The van der Waals surface area contributed by atoms with Crippen LogP contribution in [0.15, 0.2) is 24.3 Å². The molecule has 18 heavy (non-hydrogen) atoms. The van der Waals surface area contributed by atoms with Crippen molar-refractivity contribution >= 4 is 0 Å². The van der Waals surface area contributed by atoms with Gasteiger partial charge in [-0.25, -0.2) is 4.39 Å². The van der Waals surface area contributed by atoms with Crippen molar-refractivity contribution in [2.24, 2.45) is 11.8 Å². The zero-order chi connectivity index (χ0) is 13.1. The molecule has 1 nitrogen and oxygen atoms in total. The van der Waals surface area contributed by atoms with Gasteiger partial charge in [0, 0.05) is 12.1 Å². The van der Waals surface area contributed by atoms with Crippen molar-refractivity contribution in [2.45, 2.75) is 52.1 Å². The Morgan fingerprint density at radius 1 is 1.22 bits per heavy atom. The smallest absolute Gasteiger partial charge is 0.123 e. The highest BCUT2D eigenvalue weighted by molar-refractivity contribution is 5.20. The summed E-state index contributed by atoms with van der Waals surface area (Å²) >= 11 is 0. The summed E-state index contributed by atoms with van der Waals surface area (Å²) in [7, 11) is 0. The van der Waals surface area contributed by atoms with Gasteiger partial charge in [-0.3, -0.25) is 0 Å². The molecule has 0 bridgehead atoms. The predicted molar refractivity (Wildman–Crippen MR) is 73.9 cm³/mol. The topological polar surface area (TPSA) is 12.0 Å². The third kappa shape index (κ3) is 2.92. The van der Waals surface area contributed by atoms with E-state index in [1.54, 1.807) is 12.1 Å². The molecule has 1 N–H and O–H groups in total. The van der Waals surface area contributed by atoms with Crippen molar-refractivity contribution in [3.8, 4) is 0 Å². The lowest BCUT2D eigenvalue weighted by Gasteiger charge is -2.26. The standard InChI is InChI=1S/C16H24FN/c1-4-15(13-6-8-14(17)9-7-13)18-16-10-5-11(2)12(16)3/h6-9,11-12,15-16,18H,4-5,10H2,1-3H3. The highest BCUT2D eigenvalue weighted by Gasteiger charge is 2.30. The zero-order valence-corrected chi connectivity index (χ0v) is 11.6. The Morgan fingerprint density at radius 3 is 2.39 bits per heavy atom. The van der Waals surface area contributed by atoms with Gasteiger partial charge in [-0.05, 0) is 48.8 Å². The molecule has 4 atom stereocenters. The van der Waals surface area contributed by atoms with Gasteiger partial charge in [0.05, 0.1) is 0 Å². The first kappa shape index (κ1) is 13.5. The average molecular weight is 249 g/mol. The molecule has 0 spiro atoms. The van der Waals surface area contributed by atoms with Crippen LogP contribution < -0.4 is 5.32 Å². The molecule has 2 heteroatoms. The number of hydrogen-bond acceptors (Lipinski definition) is 1. The number of hydrogen-bond donors (Lipinski definition) is 1. The Hall–Kier alpha value is -0.890. The van der Waals surface area contributed by atoms with Crippen LogP contribution in [0.25, 0.3) is 0 Å². The molecule has 1 fully saturated rings. The van der Waals surface area contributed by atoms with Crippen LogP contribution in [0, 0.1) is 17.7 Å². The molecule has 1 aromatic rings. The lowest BCUT2D eigenvalue weighted by molar-refractivity contribution is 0.335. The van der Waals surface area contributed by atoms with E-state index in [0.717, 1.165) is 18.3 Å². The van der Waals surface area contributed by atoms with Crippen LogP contribution in [0.3, 0.4) is 0 Å². The van der Waals surface area contributed by atoms with E-state index in [2.05, 4.69) is 26.1 Å². The molecule has 1 saturated carbocycles. The van der Waals surface area contributed by atoms with E-state index in [9.17, 15) is 4.39 Å². The Labute approximate surface area is 110 Å². The van der Waals surface area contributed by atoms with Crippen LogP contribution in [0.4, 0.5) is 4.39 Å². The van der Waals surface area contributed by atoms with Crippen LogP contribution in [0.2, 0.25) is 0 Å². The van der Waals surface area contributed by atoms with Gasteiger partial charge < -0.3 is 5.32 Å². The molecule has 0 amide bonds. The molecular formula is C16H24FN. The summed E-state index contributed by atoms with van der Waals surface area (Å²) in [6.45, 7) is 6.86. The molecule has 0 aliphatic heterocycles. The summed E-state index contributed by atoms with van der Waals surface area (Å²) in [6.07, 6.45) is 3.63. The van der Waals surface area contributed by atoms with Gasteiger partial charge in [-0.15, -0.1) is 0 Å². The molecule has 0 radical (unpaired) electrons. The number of rotatable bonds is 4. The van der Waals surface area contributed by atoms with Gasteiger partial charge in [0.2, 0.25) is 0 Å². The Bertz CT molecular complexity index is 373. The van der Waals surface area contributed by atoms with Gasteiger partial charge in [-0.1, -0.05) is 32.9 Å². The minimum atomic E-state index is -0.156. The highest BCUT2D eigenvalue weighted by Crippen LogP contribution is 2.33. The maximum atomic E-state index is 13.0. The molecule has 2 rings (SSSR count). The van der Waals surface area contributed by atoms with Crippen LogP contribution in [0.5, 0.6) is 0 Å². The molecule has 100 valence electrons. The van der Waals surface area contributed by atoms with E-state index in [1.807, 2.05) is 12.1 Å². The van der Waals surface area contributed by atoms with Crippen LogP contribution in [-0.2, 0) is 0 Å². The number of halogens is 1. The number of benzene rings is 1. The van der Waals surface area contributed by atoms with E-state index in [4.69, 9.17) is 0 Å². The molecular weight excluding hydrogens is 225 g/mol. The van der Waals surface area contributed by atoms with E-state index in [-0.39, 0.29) is 5.82 Å². The molecule has 1 aromatic carbocycles. The summed E-state index contributed by atoms with van der Waals surface area (Å²) in [5.41, 5.74) is 1.20. The van der Waals surface area contributed by atoms with Crippen LogP contribution in [-0.4, -0.2) is 6.04 Å². The summed E-state index contributed by atoms with van der Waals surface area (Å²) in [5.74, 6) is 1.39. The zero-order valence-electron chi connectivity index (χ0n) is 11.6. The fourth-order valence-corrected chi connectivity index (χ4v) is 3.00. The summed E-state index contributed by atoms with van der Waals surface area (Å²) in [6, 6.07) is 7.87. The monoisotopic (exact) mass is 249 g/mol. The van der Waals surface area contributed by atoms with Gasteiger partial charge >= 0.3 is 0 Å². The first-order valence-corrected chi connectivity index (χ1v) is 7.13. The minimum Gasteiger partial charge on any atom is -0.307 e. The summed E-state index contributed by atoms with van der Waals surface area (Å²) in [5, 5.41) is 3.76. The lowest BCUT2D eigenvalue weighted by Crippen LogP contribution is -2.35. The van der Waals surface area contributed by atoms with E-state index >= 15 is 0 Å². The average Bonchev–Trinajstić information content (AvgIpc) is 2.69. The SMILES string of the molecule is CCC(NC1CCC(C)C1C)c1ccc(F)cc1. The van der Waals surface area contributed by atoms with Gasteiger partial charge in [0.15, 0.2) is 0 Å². The quantitative estimate of drug-likeness (QED) is 0.839. The largest absolute Gasteiger partial charge is 0.307 e. The van der Waals surface area contributed by atoms with Crippen LogP contribution >= 0.6 is 0 Å². The van der Waals surface area contributed by atoms with Crippen molar-refractivity contribution < 1.29 is 4.39 Å². The Morgan fingerprint density at radius 2 is 1.89 bits per heavy atom. The molecule has 4 unspecified atom stereocenters. The normalized spacial score (nSPS) is 29.4. The van der Waals surface area contributed by atoms with Crippen LogP contribution in [0.1, 0.15) is 51.6 Å². The summed E-state index contributed by atoms with van der Waals surface area (Å²) < 4.78 is 13.0. The van der Waals surface area contributed by atoms with Crippen molar-refractivity contribution in [1.29, 1.82) is 0 Å². The van der Waals surface area contributed by atoms with Crippen molar-refractivity contribution in [3.63, 3.8) is 0 Å². The Kier molecular flexibility index (Phi) is 4.39. The third-order valence-electron chi connectivity index (χ3n) is 4.56. The second-order valence-corrected chi connectivity index (χ2v) is 5.70. The maximum Gasteiger partial charge on any atom is 0.123 e. The number of nitrogens with one attached hydrogen (secondary N) is 1. The second-order valence-electron chi connectivity index (χ2n) is 5.70. The molecule has 0 aromatic heterocycles. The summed E-state index contributed by atoms with van der Waals surface area (Å²) in [4.78, 5) is 0. The second kappa shape index (κ2) is 5.83. The predicted octanol–water partition coefficient (Wildman–Crippen LogP) is 4.30. The van der Waals surface area contributed by atoms with Crippen molar-refractivity contribution in [3.05, 3.63) is 35.6 Å². The van der Waals surface area contributed by atoms with Gasteiger partial charge in [0.1, 0.15) is 5.82 Å². The maximum absolute atomic E-state index is 13.0. The van der Waals surface area contributed by atoms with Gasteiger partial charge in [-0.2, -0.15) is 0 Å². The van der Waals surface area contributed by atoms with Gasteiger partial charge in [0.25, 0.3) is 0 Å². The Balaban J connectivity index is 2.03. The first-order chi connectivity index (χ1) is 8.61. The molecule has 0 heterocycles. The fraction of sp³-hybridized carbons (Fsp3) is 0.625.